The Morgan fingerprint density at radius 2 is 1.22 bits per heavy atom. The SMILES string of the molecule is CCCCCCCCCCCCCCCCCCCCNC(=O)C1=CCN(C)[C@@H]([C@H](O[C@@H]2O[C@H](CN)[C@@H](O)[C@H]2O)[C@H]2O[C@@H](n3ccc(=O)[nH]c3=O)[C@H](O)[C@@H]2O)C(=O)N1C.O=C(O)C(F)(F)F.O=C(O)C(F)(F)F. The predicted molar refractivity (Wildman–Crippen MR) is 248 cm³/mol. The minimum atomic E-state index is -5.08. The number of nitrogens with one attached hydrogen (secondary N) is 2. The summed E-state index contributed by atoms with van der Waals surface area (Å²) < 4.78 is 82.2. The number of hydrogen-bond donors (Lipinski definition) is 9. The molecular weight excluding hydrogens is 991 g/mol. The average molecular weight is 1070 g/mol. The predicted octanol–water partition coefficient (Wildman–Crippen LogP) is 3.03. The van der Waals surface area contributed by atoms with Crippen molar-refractivity contribution in [1.29, 1.82) is 0 Å². The van der Waals surface area contributed by atoms with Crippen molar-refractivity contribution in [2.75, 3.05) is 33.7 Å². The molecule has 21 nitrogen and oxygen atoms in total. The number of hydrogen-bond acceptors (Lipinski definition) is 15. The highest BCUT2D eigenvalue weighted by atomic mass is 19.4. The minimum absolute atomic E-state index is 0.0683. The number of unbranched alkanes of at least 4 members (excludes halogenated alkanes) is 17. The largest absolute Gasteiger partial charge is 0.490 e. The molecule has 0 spiro atoms. The number of aromatic nitrogens is 2. The molecule has 2 fully saturated rings. The topological polar surface area (TPSA) is 317 Å². The van der Waals surface area contributed by atoms with Gasteiger partial charge in [-0.2, -0.15) is 26.3 Å². The van der Waals surface area contributed by atoms with Crippen LogP contribution in [0.4, 0.5) is 26.3 Å². The molecule has 2 saturated heterocycles. The quantitative estimate of drug-likeness (QED) is 0.0476. The van der Waals surface area contributed by atoms with E-state index in [0.29, 0.717) is 6.54 Å². The van der Waals surface area contributed by atoms with Crippen molar-refractivity contribution >= 4 is 23.8 Å². The van der Waals surface area contributed by atoms with Gasteiger partial charge in [0.25, 0.3) is 11.5 Å². The molecule has 3 aliphatic heterocycles. The van der Waals surface area contributed by atoms with E-state index in [1.54, 1.807) is 18.0 Å². The molecule has 3 aliphatic rings. The molecule has 0 radical (unpaired) electrons. The second-order valence-electron chi connectivity index (χ2n) is 18.1. The number of carboxylic acid groups (broad SMARTS) is 2. The molecule has 10 N–H and O–H groups in total. The summed E-state index contributed by atoms with van der Waals surface area (Å²) in [4.78, 5) is 74.7. The summed E-state index contributed by atoms with van der Waals surface area (Å²) in [6.07, 6.45) is 1.72. The molecule has 27 heteroatoms. The maximum Gasteiger partial charge on any atom is 0.490 e. The smallest absolute Gasteiger partial charge is 0.475 e. The fraction of sp³-hybridized carbons (Fsp3) is 0.783. The Hall–Kier alpha value is -4.48. The van der Waals surface area contributed by atoms with E-state index >= 15 is 0 Å². The number of nitrogens with zero attached hydrogens (tertiary/aromatic N) is 3. The Kier molecular flexibility index (Phi) is 28.4. The first-order valence-electron chi connectivity index (χ1n) is 24.6. The number of halogens is 6. The van der Waals surface area contributed by atoms with Crippen molar-refractivity contribution in [3.05, 3.63) is 44.9 Å². The van der Waals surface area contributed by atoms with Gasteiger partial charge < -0.3 is 60.8 Å². The lowest BCUT2D eigenvalue weighted by molar-refractivity contribution is -0.232. The maximum atomic E-state index is 14.3. The monoisotopic (exact) mass is 1060 g/mol. The molecule has 420 valence electrons. The van der Waals surface area contributed by atoms with Crippen molar-refractivity contribution in [1.82, 2.24) is 24.7 Å². The zero-order chi connectivity index (χ0) is 55.1. The van der Waals surface area contributed by atoms with Crippen molar-refractivity contribution in [2.45, 2.75) is 196 Å². The highest BCUT2D eigenvalue weighted by Gasteiger charge is 2.55. The zero-order valence-corrected chi connectivity index (χ0v) is 41.4. The highest BCUT2D eigenvalue weighted by Crippen LogP contribution is 2.36. The number of likely N-dealkylation sites (N-methyl/N-ethyl adjacent to an activating group) is 2. The number of ether oxygens (including phenoxy) is 3. The van der Waals surface area contributed by atoms with Crippen molar-refractivity contribution in [3.63, 3.8) is 0 Å². The number of rotatable bonds is 26. The molecule has 0 aromatic carbocycles. The number of aromatic amines is 1. The Balaban J connectivity index is 0.00000114. The van der Waals surface area contributed by atoms with Crippen LogP contribution in [0.25, 0.3) is 0 Å². The summed E-state index contributed by atoms with van der Waals surface area (Å²) in [5.41, 5.74) is 4.21. The van der Waals surface area contributed by atoms with Gasteiger partial charge in [0.05, 0.1) is 0 Å². The van der Waals surface area contributed by atoms with Crippen LogP contribution < -0.4 is 22.3 Å². The molecule has 0 unspecified atom stereocenters. The van der Waals surface area contributed by atoms with Crippen LogP contribution in [-0.2, 0) is 33.4 Å². The number of nitrogens with two attached hydrogens (primary N) is 1. The van der Waals surface area contributed by atoms with Crippen LogP contribution in [0.5, 0.6) is 0 Å². The first-order valence-corrected chi connectivity index (χ1v) is 24.6. The third-order valence-corrected chi connectivity index (χ3v) is 12.4. The van der Waals surface area contributed by atoms with Gasteiger partial charge in [-0.1, -0.05) is 116 Å². The van der Waals surface area contributed by atoms with Gasteiger partial charge in [-0.15, -0.1) is 0 Å². The van der Waals surface area contributed by atoms with Crippen LogP contribution in [-0.4, -0.2) is 175 Å². The van der Waals surface area contributed by atoms with Gasteiger partial charge >= 0.3 is 30.0 Å². The van der Waals surface area contributed by atoms with E-state index in [-0.39, 0.29) is 18.8 Å². The van der Waals surface area contributed by atoms with Crippen LogP contribution in [0.3, 0.4) is 0 Å². The summed E-state index contributed by atoms with van der Waals surface area (Å²) in [7, 11) is 3.03. The van der Waals surface area contributed by atoms with E-state index in [4.69, 9.17) is 39.7 Å². The number of alkyl halides is 6. The van der Waals surface area contributed by atoms with E-state index in [0.717, 1.165) is 36.1 Å². The number of amides is 2. The summed E-state index contributed by atoms with van der Waals surface area (Å²) >= 11 is 0. The fourth-order valence-corrected chi connectivity index (χ4v) is 8.26. The van der Waals surface area contributed by atoms with Gasteiger partial charge in [0.1, 0.15) is 54.5 Å². The fourth-order valence-electron chi connectivity index (χ4n) is 8.26. The third-order valence-electron chi connectivity index (χ3n) is 12.4. The van der Waals surface area contributed by atoms with E-state index in [2.05, 4.69) is 17.2 Å². The molecule has 10 atom stereocenters. The van der Waals surface area contributed by atoms with Gasteiger partial charge in [-0.3, -0.25) is 28.8 Å². The summed E-state index contributed by atoms with van der Waals surface area (Å²) in [6.45, 7) is 2.61. The molecule has 1 aromatic heterocycles. The highest BCUT2D eigenvalue weighted by molar-refractivity contribution is 5.99. The van der Waals surface area contributed by atoms with E-state index in [1.807, 2.05) is 0 Å². The van der Waals surface area contributed by atoms with Crippen molar-refractivity contribution < 1.29 is 90.4 Å². The van der Waals surface area contributed by atoms with Crippen LogP contribution in [0.15, 0.2) is 33.6 Å². The zero-order valence-electron chi connectivity index (χ0n) is 41.4. The van der Waals surface area contributed by atoms with Crippen LogP contribution in [0.1, 0.15) is 129 Å². The number of H-pyrrole nitrogens is 1. The van der Waals surface area contributed by atoms with Gasteiger partial charge in [0.15, 0.2) is 12.5 Å². The Morgan fingerprint density at radius 3 is 1.64 bits per heavy atom. The molecule has 0 bridgehead atoms. The van der Waals surface area contributed by atoms with Gasteiger partial charge in [0.2, 0.25) is 5.91 Å². The number of aliphatic carboxylic acids is 2. The Morgan fingerprint density at radius 1 is 0.753 bits per heavy atom. The first-order chi connectivity index (χ1) is 34.3. The summed E-state index contributed by atoms with van der Waals surface area (Å²) in [6, 6.07) is -0.265. The molecule has 2 amide bonds. The van der Waals surface area contributed by atoms with E-state index < -0.39 is 109 Å². The number of carboxylic acids is 2. The minimum Gasteiger partial charge on any atom is -0.475 e. The van der Waals surface area contributed by atoms with Gasteiger partial charge in [-0.25, -0.2) is 14.4 Å². The standard InChI is InChI=1S/C42H72N6O11.2C2HF3O2/c1-4-5-6-7-8-9-10-11-12-13-14-15-16-17-18-19-20-21-24-44-38(54)28-22-25-46(2)31(39(55)47(28)3)36(59-41-35(53)32(50)29(27-43)57-41)37-33(51)34(52)40(58-37)48-26-23-30(49)45-42(48)56;2*3-2(4,5)1(6)7/h22-23,26,29,31-37,40-41,50-53H,4-21,24-25,27,43H2,1-3H3,(H,44,54)(H,45,49,56);2*(H,6,7)/t29-,31+,32-,33+,34-,35-,36+,37+,40-,41+;;/m1../s1. The van der Waals surface area contributed by atoms with Crippen LogP contribution in [0, 0.1) is 0 Å². The second kappa shape index (κ2) is 32.1. The van der Waals surface area contributed by atoms with Crippen molar-refractivity contribution in [3.8, 4) is 0 Å². The molecule has 0 aliphatic carbocycles. The average Bonchev–Trinajstić information content (AvgIpc) is 3.72. The van der Waals surface area contributed by atoms with E-state index in [1.165, 1.54) is 108 Å². The molecule has 73 heavy (non-hydrogen) atoms. The van der Waals surface area contributed by atoms with Crippen LogP contribution >= 0.6 is 0 Å². The number of carbonyl (C=O) groups is 4. The van der Waals surface area contributed by atoms with Crippen molar-refractivity contribution in [2.24, 2.45) is 5.73 Å². The van der Waals surface area contributed by atoms with Gasteiger partial charge in [0, 0.05) is 38.9 Å². The normalized spacial score (nSPS) is 25.0. The lowest BCUT2D eigenvalue weighted by Gasteiger charge is -2.38. The molecule has 4 heterocycles. The van der Waals surface area contributed by atoms with Gasteiger partial charge in [-0.05, 0) is 19.5 Å². The molecule has 1 aromatic rings. The maximum absolute atomic E-state index is 14.3. The third kappa shape index (κ3) is 21.3. The molecular formula is C46H74F6N6O15. The lowest BCUT2D eigenvalue weighted by Crippen LogP contribution is -2.59. The first kappa shape index (κ1) is 64.6. The molecule has 4 rings (SSSR count). The Labute approximate surface area is 418 Å². The second-order valence-corrected chi connectivity index (χ2v) is 18.1. The number of carbonyl (C=O) groups excluding carboxylic acids is 2. The summed E-state index contributed by atoms with van der Waals surface area (Å²) in [5.74, 6) is -6.59. The number of aliphatic hydroxyl groups excluding tert-OH is 4. The molecule has 0 saturated carbocycles. The lowest BCUT2D eigenvalue weighted by atomic mass is 9.97. The van der Waals surface area contributed by atoms with E-state index in [9.17, 15) is 65.9 Å². The summed E-state index contributed by atoms with van der Waals surface area (Å²) in [5, 5.41) is 60.9. The number of aliphatic hydroxyl groups is 4. The Bertz CT molecular complexity index is 1970. The van der Waals surface area contributed by atoms with Crippen LogP contribution in [0.2, 0.25) is 0 Å².